The maximum atomic E-state index is 11.2. The van der Waals surface area contributed by atoms with Gasteiger partial charge in [-0.3, -0.25) is 4.79 Å². The molecule has 0 saturated heterocycles. The van der Waals surface area contributed by atoms with Crippen LogP contribution in [0.4, 0.5) is 0 Å². The molecule has 0 aliphatic rings. The number of carbonyl (C=O) groups excluding carboxylic acids is 1. The fraction of sp³-hybridized carbons (Fsp3) is 0.235. The molecule has 2 rings (SSSR count). The molecule has 2 N–H and O–H groups in total. The molecule has 0 bridgehead atoms. The topological polar surface area (TPSA) is 43.1 Å². The largest absolute Gasteiger partial charge is 0.370 e. The summed E-state index contributed by atoms with van der Waals surface area (Å²) < 4.78 is 0. The maximum Gasteiger partial charge on any atom is 0.217 e. The zero-order chi connectivity index (χ0) is 13.5. The van der Waals surface area contributed by atoms with Crippen LogP contribution >= 0.6 is 12.4 Å². The monoisotopic (exact) mass is 289 g/mol. The lowest BCUT2D eigenvalue weighted by Gasteiger charge is -2.15. The molecule has 0 fully saturated rings. The van der Waals surface area contributed by atoms with E-state index in [0.29, 0.717) is 6.42 Å². The van der Waals surface area contributed by atoms with Crippen LogP contribution in [0.1, 0.15) is 17.5 Å². The first kappa shape index (κ1) is 16.3. The third-order valence-electron chi connectivity index (χ3n) is 3.22. The summed E-state index contributed by atoms with van der Waals surface area (Å²) in [5.74, 6) is 0.0409. The van der Waals surface area contributed by atoms with Gasteiger partial charge in [-0.15, -0.1) is 12.4 Å². The Morgan fingerprint density at radius 2 is 1.25 bits per heavy atom. The molecule has 0 unspecified atom stereocenters. The van der Waals surface area contributed by atoms with Crippen LogP contribution in [0.25, 0.3) is 0 Å². The van der Waals surface area contributed by atoms with Crippen LogP contribution < -0.4 is 5.73 Å². The molecule has 0 spiro atoms. The van der Waals surface area contributed by atoms with Crippen LogP contribution in [0.2, 0.25) is 0 Å². The number of hydrogen-bond donors (Lipinski definition) is 1. The Morgan fingerprint density at radius 3 is 1.60 bits per heavy atom. The molecule has 106 valence electrons. The molecular weight excluding hydrogens is 270 g/mol. The highest BCUT2D eigenvalue weighted by Crippen LogP contribution is 2.17. The van der Waals surface area contributed by atoms with Crippen molar-refractivity contribution in [1.29, 1.82) is 0 Å². The number of primary amides is 1. The quantitative estimate of drug-likeness (QED) is 0.870. The van der Waals surface area contributed by atoms with Gasteiger partial charge in [0.25, 0.3) is 0 Å². The fourth-order valence-corrected chi connectivity index (χ4v) is 2.40. The van der Waals surface area contributed by atoms with E-state index in [0.717, 1.165) is 12.8 Å². The first-order valence-electron chi connectivity index (χ1n) is 6.60. The van der Waals surface area contributed by atoms with Crippen molar-refractivity contribution in [2.24, 2.45) is 11.7 Å². The van der Waals surface area contributed by atoms with Crippen LogP contribution in [0, 0.1) is 5.92 Å². The Hall–Kier alpha value is -1.80. The summed E-state index contributed by atoms with van der Waals surface area (Å²) in [5.41, 5.74) is 7.87. The van der Waals surface area contributed by atoms with Gasteiger partial charge in [0.2, 0.25) is 5.91 Å². The average Bonchev–Trinajstić information content (AvgIpc) is 2.40. The Bertz CT molecular complexity index is 472. The number of benzene rings is 2. The van der Waals surface area contributed by atoms with Crippen molar-refractivity contribution in [3.63, 3.8) is 0 Å². The molecule has 20 heavy (non-hydrogen) atoms. The fourth-order valence-electron chi connectivity index (χ4n) is 2.40. The molecule has 3 heteroatoms. The number of rotatable bonds is 6. The van der Waals surface area contributed by atoms with Crippen molar-refractivity contribution >= 4 is 18.3 Å². The van der Waals surface area contributed by atoms with Crippen molar-refractivity contribution in [2.45, 2.75) is 19.3 Å². The van der Waals surface area contributed by atoms with Crippen molar-refractivity contribution in [3.8, 4) is 0 Å². The summed E-state index contributed by atoms with van der Waals surface area (Å²) in [6.07, 6.45) is 2.21. The number of nitrogens with two attached hydrogens (primary N) is 1. The van der Waals surface area contributed by atoms with E-state index in [2.05, 4.69) is 24.3 Å². The highest BCUT2D eigenvalue weighted by atomic mass is 35.5. The van der Waals surface area contributed by atoms with Gasteiger partial charge in [0.1, 0.15) is 0 Å². The predicted octanol–water partition coefficient (Wildman–Crippen LogP) is 3.39. The van der Waals surface area contributed by atoms with Crippen LogP contribution in [0.5, 0.6) is 0 Å². The normalized spacial score (nSPS) is 10.1. The highest BCUT2D eigenvalue weighted by molar-refractivity contribution is 5.85. The van der Waals surface area contributed by atoms with Crippen LogP contribution in [0.3, 0.4) is 0 Å². The van der Waals surface area contributed by atoms with Gasteiger partial charge in [-0.1, -0.05) is 60.7 Å². The molecule has 0 atom stereocenters. The van der Waals surface area contributed by atoms with E-state index in [1.165, 1.54) is 11.1 Å². The van der Waals surface area contributed by atoms with Crippen molar-refractivity contribution in [1.82, 2.24) is 0 Å². The lowest BCUT2D eigenvalue weighted by molar-refractivity contribution is -0.118. The van der Waals surface area contributed by atoms with Crippen molar-refractivity contribution in [3.05, 3.63) is 71.8 Å². The second-order valence-electron chi connectivity index (χ2n) is 4.92. The second-order valence-corrected chi connectivity index (χ2v) is 4.92. The van der Waals surface area contributed by atoms with E-state index >= 15 is 0 Å². The van der Waals surface area contributed by atoms with Gasteiger partial charge < -0.3 is 5.73 Å². The third kappa shape index (κ3) is 5.45. The van der Waals surface area contributed by atoms with Crippen molar-refractivity contribution < 1.29 is 4.79 Å². The minimum absolute atomic E-state index is 0. The molecular formula is C17H20ClNO. The minimum Gasteiger partial charge on any atom is -0.370 e. The Kier molecular flexibility index (Phi) is 6.82. The van der Waals surface area contributed by atoms with Gasteiger partial charge in [-0.25, -0.2) is 0 Å². The zero-order valence-electron chi connectivity index (χ0n) is 11.4. The zero-order valence-corrected chi connectivity index (χ0v) is 12.2. The maximum absolute atomic E-state index is 11.2. The average molecular weight is 290 g/mol. The van der Waals surface area contributed by atoms with E-state index in [1.54, 1.807) is 0 Å². The molecule has 1 amide bonds. The second kappa shape index (κ2) is 8.39. The van der Waals surface area contributed by atoms with Gasteiger partial charge in [0, 0.05) is 6.42 Å². The van der Waals surface area contributed by atoms with E-state index in [4.69, 9.17) is 5.73 Å². The van der Waals surface area contributed by atoms with Gasteiger partial charge >= 0.3 is 0 Å². The SMILES string of the molecule is Cl.NC(=O)CC(Cc1ccccc1)Cc1ccccc1. The van der Waals surface area contributed by atoms with Gasteiger partial charge in [-0.2, -0.15) is 0 Å². The number of hydrogen-bond acceptors (Lipinski definition) is 1. The van der Waals surface area contributed by atoms with Crippen molar-refractivity contribution in [2.75, 3.05) is 0 Å². The number of carbonyl (C=O) groups is 1. The predicted molar refractivity (Wildman–Crippen MR) is 84.8 cm³/mol. The Labute approximate surface area is 126 Å². The summed E-state index contributed by atoms with van der Waals surface area (Å²) in [6, 6.07) is 20.5. The minimum atomic E-state index is -0.225. The lowest BCUT2D eigenvalue weighted by atomic mass is 9.90. The molecule has 2 nitrogen and oxygen atoms in total. The van der Waals surface area contributed by atoms with E-state index < -0.39 is 0 Å². The molecule has 0 aromatic heterocycles. The molecule has 0 heterocycles. The van der Waals surface area contributed by atoms with Gasteiger partial charge in [0.15, 0.2) is 0 Å². The van der Waals surface area contributed by atoms with Gasteiger partial charge in [0.05, 0.1) is 0 Å². The number of amides is 1. The highest BCUT2D eigenvalue weighted by Gasteiger charge is 2.13. The summed E-state index contributed by atoms with van der Waals surface area (Å²) in [7, 11) is 0. The van der Waals surface area contributed by atoms with E-state index in [1.807, 2.05) is 36.4 Å². The smallest absolute Gasteiger partial charge is 0.217 e. The first-order valence-corrected chi connectivity index (χ1v) is 6.60. The summed E-state index contributed by atoms with van der Waals surface area (Å²) >= 11 is 0. The molecule has 2 aromatic rings. The van der Waals surface area contributed by atoms with Crippen LogP contribution in [0.15, 0.2) is 60.7 Å². The standard InChI is InChI=1S/C17H19NO.ClH/c18-17(19)13-16(11-14-7-3-1-4-8-14)12-15-9-5-2-6-10-15;/h1-10,16H,11-13H2,(H2,18,19);1H. The van der Waals surface area contributed by atoms with Crippen LogP contribution in [-0.2, 0) is 17.6 Å². The van der Waals surface area contributed by atoms with Gasteiger partial charge in [-0.05, 0) is 29.9 Å². The lowest BCUT2D eigenvalue weighted by Crippen LogP contribution is -2.19. The molecule has 0 radical (unpaired) electrons. The van der Waals surface area contributed by atoms with E-state index in [-0.39, 0.29) is 24.2 Å². The molecule has 0 aliphatic carbocycles. The summed E-state index contributed by atoms with van der Waals surface area (Å²) in [4.78, 5) is 11.2. The van der Waals surface area contributed by atoms with E-state index in [9.17, 15) is 4.79 Å². The summed E-state index contributed by atoms with van der Waals surface area (Å²) in [6.45, 7) is 0. The first-order chi connectivity index (χ1) is 9.24. The third-order valence-corrected chi connectivity index (χ3v) is 3.22. The Morgan fingerprint density at radius 1 is 0.850 bits per heavy atom. The number of halogens is 1. The molecule has 0 aliphatic heterocycles. The molecule has 2 aromatic carbocycles. The Balaban J connectivity index is 0.00000200. The summed E-state index contributed by atoms with van der Waals surface area (Å²) in [5, 5.41) is 0. The molecule has 0 saturated carbocycles. The van der Waals surface area contributed by atoms with Crippen LogP contribution in [-0.4, -0.2) is 5.91 Å².